The van der Waals surface area contributed by atoms with Crippen LogP contribution >= 0.6 is 0 Å². The minimum atomic E-state index is -0.0919. The molecule has 0 amide bonds. The van der Waals surface area contributed by atoms with E-state index in [4.69, 9.17) is 4.74 Å². The van der Waals surface area contributed by atoms with Crippen LogP contribution in [0.15, 0.2) is 114 Å². The standard InChI is InChI=1S/C42H48N5O/c1-7-26-46-36-18-11-9-16-32(36)41(3,4)38(46)24-20-29-14-13-15-30(40(29)48-31-22-23-34-35(28-31)44-45-43-34)21-25-39-42(5,6)33-17-10-12-19-37(33)47(39)27-8-2/h9-12,16-25,28H,7-8,13-15,26-27H2,1-6H3,(H,43,44,45)/q+1. The molecule has 246 valence electrons. The Morgan fingerprint density at radius 2 is 1.60 bits per heavy atom. The third-order valence-electron chi connectivity index (χ3n) is 10.4. The second-order valence-corrected chi connectivity index (χ2v) is 14.3. The molecular weight excluding hydrogens is 590 g/mol. The molecule has 0 radical (unpaired) electrons. The van der Waals surface area contributed by atoms with E-state index in [0.717, 1.165) is 67.7 Å². The van der Waals surface area contributed by atoms with Crippen molar-refractivity contribution < 1.29 is 9.31 Å². The van der Waals surface area contributed by atoms with Crippen molar-refractivity contribution in [2.45, 2.75) is 84.5 Å². The van der Waals surface area contributed by atoms with Gasteiger partial charge < -0.3 is 9.64 Å². The topological polar surface area (TPSA) is 57.0 Å². The summed E-state index contributed by atoms with van der Waals surface area (Å²) in [6.07, 6.45) is 14.5. The molecule has 2 aliphatic heterocycles. The lowest BCUT2D eigenvalue weighted by atomic mass is 9.81. The number of anilines is 1. The van der Waals surface area contributed by atoms with E-state index in [0.29, 0.717) is 0 Å². The first-order valence-electron chi connectivity index (χ1n) is 17.7. The molecule has 1 N–H and O–H groups in total. The van der Waals surface area contributed by atoms with Crippen LogP contribution in [0.4, 0.5) is 11.4 Å². The fourth-order valence-electron chi connectivity index (χ4n) is 7.92. The van der Waals surface area contributed by atoms with E-state index in [1.807, 2.05) is 18.2 Å². The number of hydrogen-bond acceptors (Lipinski definition) is 4. The number of hydrogen-bond donors (Lipinski definition) is 1. The quantitative estimate of drug-likeness (QED) is 0.186. The molecule has 3 aromatic carbocycles. The van der Waals surface area contributed by atoms with Crippen molar-refractivity contribution in [3.63, 3.8) is 0 Å². The summed E-state index contributed by atoms with van der Waals surface area (Å²) < 4.78 is 9.39. The van der Waals surface area contributed by atoms with Gasteiger partial charge in [0.15, 0.2) is 5.71 Å². The predicted molar refractivity (Wildman–Crippen MR) is 197 cm³/mol. The van der Waals surface area contributed by atoms with Gasteiger partial charge in [0.25, 0.3) is 0 Å². The molecule has 6 heteroatoms. The maximum Gasteiger partial charge on any atom is 0.209 e. The van der Waals surface area contributed by atoms with Gasteiger partial charge in [-0.15, -0.1) is 0 Å². The summed E-state index contributed by atoms with van der Waals surface area (Å²) in [5.74, 6) is 1.72. The Hall–Kier alpha value is -4.71. The fourth-order valence-corrected chi connectivity index (χ4v) is 7.92. The van der Waals surface area contributed by atoms with Gasteiger partial charge in [-0.3, -0.25) is 0 Å². The number of nitrogens with one attached hydrogen (secondary N) is 1. The zero-order valence-corrected chi connectivity index (χ0v) is 29.3. The van der Waals surface area contributed by atoms with Crippen molar-refractivity contribution >= 4 is 28.1 Å². The predicted octanol–water partition coefficient (Wildman–Crippen LogP) is 9.84. The lowest BCUT2D eigenvalue weighted by molar-refractivity contribution is -0.437. The molecule has 0 saturated carbocycles. The number of allylic oxidation sites excluding steroid dienone is 7. The van der Waals surface area contributed by atoms with Gasteiger partial charge in [-0.05, 0) is 86.6 Å². The van der Waals surface area contributed by atoms with Crippen LogP contribution in [0, 0.1) is 0 Å². The Morgan fingerprint density at radius 1 is 0.833 bits per heavy atom. The van der Waals surface area contributed by atoms with E-state index < -0.39 is 0 Å². The second kappa shape index (κ2) is 12.7. The zero-order chi connectivity index (χ0) is 33.5. The van der Waals surface area contributed by atoms with E-state index in [-0.39, 0.29) is 10.8 Å². The lowest BCUT2D eigenvalue weighted by Crippen LogP contribution is -2.28. The van der Waals surface area contributed by atoms with Gasteiger partial charge >= 0.3 is 0 Å². The maximum absolute atomic E-state index is 6.88. The number of para-hydroxylation sites is 2. The molecule has 0 bridgehead atoms. The minimum Gasteiger partial charge on any atom is -0.457 e. The van der Waals surface area contributed by atoms with Crippen molar-refractivity contribution in [3.05, 3.63) is 125 Å². The van der Waals surface area contributed by atoms with E-state index >= 15 is 0 Å². The van der Waals surface area contributed by atoms with Crippen molar-refractivity contribution in [2.75, 3.05) is 18.0 Å². The normalized spacial score (nSPS) is 20.1. The Bertz CT molecular complexity index is 2020. The summed E-state index contributed by atoms with van der Waals surface area (Å²) >= 11 is 0. The van der Waals surface area contributed by atoms with Crippen molar-refractivity contribution in [2.24, 2.45) is 0 Å². The average molecular weight is 639 g/mol. The first-order valence-corrected chi connectivity index (χ1v) is 17.7. The monoisotopic (exact) mass is 638 g/mol. The summed E-state index contributed by atoms with van der Waals surface area (Å²) in [6, 6.07) is 23.7. The van der Waals surface area contributed by atoms with E-state index in [1.165, 1.54) is 45.1 Å². The van der Waals surface area contributed by atoms with Crippen LogP contribution in [-0.4, -0.2) is 38.8 Å². The molecule has 1 aliphatic carbocycles. The van der Waals surface area contributed by atoms with E-state index in [9.17, 15) is 0 Å². The summed E-state index contributed by atoms with van der Waals surface area (Å²) in [6.45, 7) is 15.9. The molecule has 0 saturated heterocycles. The molecule has 0 atom stereocenters. The molecule has 6 nitrogen and oxygen atoms in total. The van der Waals surface area contributed by atoms with Gasteiger partial charge in [-0.25, -0.2) is 0 Å². The van der Waals surface area contributed by atoms with Crippen LogP contribution in [0.3, 0.4) is 0 Å². The Morgan fingerprint density at radius 3 is 2.42 bits per heavy atom. The van der Waals surface area contributed by atoms with Crippen LogP contribution in [0.1, 0.15) is 84.8 Å². The number of nitrogens with zero attached hydrogens (tertiary/aromatic N) is 4. The Labute approximate surface area is 285 Å². The highest BCUT2D eigenvalue weighted by molar-refractivity contribution is 6.03. The zero-order valence-electron chi connectivity index (χ0n) is 29.3. The summed E-state index contributed by atoms with van der Waals surface area (Å²) in [7, 11) is 0. The highest BCUT2D eigenvalue weighted by Gasteiger charge is 2.44. The van der Waals surface area contributed by atoms with Crippen molar-refractivity contribution in [1.82, 2.24) is 15.4 Å². The van der Waals surface area contributed by atoms with Crippen LogP contribution in [0.5, 0.6) is 5.75 Å². The number of aromatic nitrogens is 3. The number of benzene rings is 3. The second-order valence-electron chi connectivity index (χ2n) is 14.3. The van der Waals surface area contributed by atoms with Crippen molar-refractivity contribution in [1.29, 1.82) is 0 Å². The molecule has 0 spiro atoms. The van der Waals surface area contributed by atoms with Crippen LogP contribution < -0.4 is 9.64 Å². The molecule has 3 aliphatic rings. The molecule has 1 aromatic heterocycles. The van der Waals surface area contributed by atoms with Crippen LogP contribution in [0.2, 0.25) is 0 Å². The maximum atomic E-state index is 6.88. The number of ether oxygens (including phenoxy) is 1. The third-order valence-corrected chi connectivity index (χ3v) is 10.4. The average Bonchev–Trinajstić information content (AvgIpc) is 3.70. The number of rotatable bonds is 9. The third kappa shape index (κ3) is 5.51. The van der Waals surface area contributed by atoms with Gasteiger partial charge in [0.2, 0.25) is 5.69 Å². The van der Waals surface area contributed by atoms with Crippen molar-refractivity contribution in [3.8, 4) is 5.75 Å². The lowest BCUT2D eigenvalue weighted by Gasteiger charge is -2.27. The first kappa shape index (κ1) is 31.9. The van der Waals surface area contributed by atoms with Gasteiger partial charge in [0.05, 0.1) is 5.41 Å². The number of fused-ring (bicyclic) bond motifs is 3. The molecule has 7 rings (SSSR count). The summed E-state index contributed by atoms with van der Waals surface area (Å²) in [4.78, 5) is 2.51. The van der Waals surface area contributed by atoms with Gasteiger partial charge in [-0.1, -0.05) is 70.2 Å². The molecule has 0 fully saturated rings. The van der Waals surface area contributed by atoms with Gasteiger partial charge in [0, 0.05) is 53.5 Å². The summed E-state index contributed by atoms with van der Waals surface area (Å²) in [5.41, 5.74) is 12.0. The highest BCUT2D eigenvalue weighted by Crippen LogP contribution is 2.48. The van der Waals surface area contributed by atoms with Crippen LogP contribution in [0.25, 0.3) is 11.0 Å². The largest absolute Gasteiger partial charge is 0.457 e. The molecule has 0 unspecified atom stereocenters. The number of aromatic amines is 1. The molecular formula is C42H48N5O+. The van der Waals surface area contributed by atoms with E-state index in [1.54, 1.807) is 0 Å². The Balaban J connectivity index is 1.33. The van der Waals surface area contributed by atoms with Crippen LogP contribution in [-0.2, 0) is 10.8 Å². The first-order chi connectivity index (χ1) is 23.2. The fraction of sp³-hybridized carbons (Fsp3) is 0.357. The van der Waals surface area contributed by atoms with Gasteiger partial charge in [0.1, 0.15) is 29.1 Å². The SMILES string of the molecule is CCCN1/C(=C/C=C2\CCCC(/C=C/C3=[N+](CCC)c4ccccc4C3(C)C)=C2Oc2ccc3n[nH]nc3c2)C(C)(C)c2ccccc21. The summed E-state index contributed by atoms with van der Waals surface area (Å²) in [5, 5.41) is 11.3. The molecule has 48 heavy (non-hydrogen) atoms. The van der Waals surface area contributed by atoms with Gasteiger partial charge in [-0.2, -0.15) is 20.0 Å². The smallest absolute Gasteiger partial charge is 0.209 e. The molecule has 4 aromatic rings. The highest BCUT2D eigenvalue weighted by atomic mass is 16.5. The van der Waals surface area contributed by atoms with E-state index in [2.05, 4.69) is 139 Å². The number of H-pyrrole nitrogens is 1. The molecule has 3 heterocycles. The Kier molecular flexibility index (Phi) is 8.44. The minimum absolute atomic E-state index is 0.0919.